The lowest BCUT2D eigenvalue weighted by atomic mass is 10.1. The minimum absolute atomic E-state index is 0.808. The number of nitrogens with one attached hydrogen (secondary N) is 1. The van der Waals surface area contributed by atoms with Crippen LogP contribution >= 0.6 is 0 Å². The summed E-state index contributed by atoms with van der Waals surface area (Å²) in [6.45, 7) is 4.31. The number of hydrogen-bond acceptors (Lipinski definition) is 2. The zero-order valence-electron chi connectivity index (χ0n) is 8.89. The van der Waals surface area contributed by atoms with Crippen LogP contribution in [0.1, 0.15) is 45.4 Å². The highest BCUT2D eigenvalue weighted by atomic mass is 14.9. The van der Waals surface area contributed by atoms with Crippen molar-refractivity contribution in [1.82, 2.24) is 5.32 Å². The molecule has 13 heavy (non-hydrogen) atoms. The normalized spacial score (nSPS) is 28.2. The van der Waals surface area contributed by atoms with Gasteiger partial charge in [-0.15, -0.1) is 0 Å². The molecule has 1 rings (SSSR count). The summed E-state index contributed by atoms with van der Waals surface area (Å²) in [5, 5.41) is 3.63. The Morgan fingerprint density at radius 2 is 2.15 bits per heavy atom. The number of rotatable bonds is 6. The molecule has 0 amide bonds. The average Bonchev–Trinajstić information content (AvgIpc) is 2.60. The van der Waals surface area contributed by atoms with Crippen molar-refractivity contribution >= 4 is 0 Å². The highest BCUT2D eigenvalue weighted by molar-refractivity contribution is 4.79. The Bertz CT molecular complexity index is 125. The van der Waals surface area contributed by atoms with Gasteiger partial charge in [0.15, 0.2) is 0 Å². The molecule has 1 aliphatic carbocycles. The van der Waals surface area contributed by atoms with Crippen molar-refractivity contribution in [2.45, 2.75) is 51.5 Å². The maximum absolute atomic E-state index is 5.44. The SMILES string of the molecule is CCC1CCC(NCCCCN)C1. The van der Waals surface area contributed by atoms with Crippen LogP contribution in [-0.4, -0.2) is 19.1 Å². The molecule has 78 valence electrons. The van der Waals surface area contributed by atoms with Crippen LogP contribution in [0.4, 0.5) is 0 Å². The molecule has 1 fully saturated rings. The van der Waals surface area contributed by atoms with Gasteiger partial charge in [0.2, 0.25) is 0 Å². The summed E-state index contributed by atoms with van der Waals surface area (Å²) < 4.78 is 0. The first-order valence-corrected chi connectivity index (χ1v) is 5.80. The molecule has 2 unspecified atom stereocenters. The minimum atomic E-state index is 0.808. The van der Waals surface area contributed by atoms with Crippen LogP contribution in [0.15, 0.2) is 0 Å². The molecule has 0 radical (unpaired) electrons. The summed E-state index contributed by atoms with van der Waals surface area (Å²) >= 11 is 0. The molecule has 0 aromatic heterocycles. The van der Waals surface area contributed by atoms with E-state index in [-0.39, 0.29) is 0 Å². The van der Waals surface area contributed by atoms with E-state index >= 15 is 0 Å². The van der Waals surface area contributed by atoms with Gasteiger partial charge in [-0.3, -0.25) is 0 Å². The third-order valence-electron chi connectivity index (χ3n) is 3.18. The van der Waals surface area contributed by atoms with E-state index in [1.807, 2.05) is 0 Å². The van der Waals surface area contributed by atoms with Crippen molar-refractivity contribution in [3.05, 3.63) is 0 Å². The topological polar surface area (TPSA) is 38.0 Å². The molecule has 2 heteroatoms. The average molecular weight is 184 g/mol. The molecule has 0 aromatic carbocycles. The lowest BCUT2D eigenvalue weighted by molar-refractivity contribution is 0.471. The third kappa shape index (κ3) is 4.10. The van der Waals surface area contributed by atoms with Gasteiger partial charge >= 0.3 is 0 Å². The van der Waals surface area contributed by atoms with Gasteiger partial charge < -0.3 is 11.1 Å². The molecule has 0 heterocycles. The Kier molecular flexibility index (Phi) is 5.40. The van der Waals surface area contributed by atoms with Gasteiger partial charge in [-0.05, 0) is 51.1 Å². The van der Waals surface area contributed by atoms with Crippen LogP contribution in [0.5, 0.6) is 0 Å². The van der Waals surface area contributed by atoms with E-state index in [2.05, 4.69) is 12.2 Å². The van der Waals surface area contributed by atoms with Gasteiger partial charge in [0.25, 0.3) is 0 Å². The first-order chi connectivity index (χ1) is 6.36. The first kappa shape index (κ1) is 11.0. The number of hydrogen-bond donors (Lipinski definition) is 2. The molecule has 0 aromatic rings. The predicted octanol–water partition coefficient (Wildman–Crippen LogP) is 1.89. The van der Waals surface area contributed by atoms with Gasteiger partial charge in [-0.1, -0.05) is 13.3 Å². The summed E-state index contributed by atoms with van der Waals surface area (Å²) in [4.78, 5) is 0. The summed E-state index contributed by atoms with van der Waals surface area (Å²) in [5.74, 6) is 0.993. The van der Waals surface area contributed by atoms with E-state index in [1.54, 1.807) is 0 Å². The molecule has 2 atom stereocenters. The summed E-state index contributed by atoms with van der Waals surface area (Å²) in [5.41, 5.74) is 5.44. The molecule has 0 aliphatic heterocycles. The maximum atomic E-state index is 5.44. The molecule has 0 saturated heterocycles. The van der Waals surface area contributed by atoms with Crippen molar-refractivity contribution in [3.8, 4) is 0 Å². The van der Waals surface area contributed by atoms with Crippen molar-refractivity contribution in [1.29, 1.82) is 0 Å². The summed E-state index contributed by atoms with van der Waals surface area (Å²) in [6, 6.07) is 0.808. The van der Waals surface area contributed by atoms with Crippen LogP contribution in [0.25, 0.3) is 0 Å². The Morgan fingerprint density at radius 3 is 2.77 bits per heavy atom. The van der Waals surface area contributed by atoms with Crippen molar-refractivity contribution in [3.63, 3.8) is 0 Å². The molecule has 0 bridgehead atoms. The van der Waals surface area contributed by atoms with E-state index in [4.69, 9.17) is 5.73 Å². The van der Waals surface area contributed by atoms with Crippen LogP contribution in [0.2, 0.25) is 0 Å². The van der Waals surface area contributed by atoms with Crippen molar-refractivity contribution in [2.24, 2.45) is 11.7 Å². The Labute approximate surface area is 82.3 Å². The zero-order valence-corrected chi connectivity index (χ0v) is 8.89. The predicted molar refractivity (Wildman–Crippen MR) is 57.7 cm³/mol. The van der Waals surface area contributed by atoms with E-state index in [0.717, 1.165) is 31.5 Å². The maximum Gasteiger partial charge on any atom is 0.00698 e. The molecule has 1 aliphatic rings. The minimum Gasteiger partial charge on any atom is -0.330 e. The van der Waals surface area contributed by atoms with Crippen LogP contribution in [0, 0.1) is 5.92 Å². The van der Waals surface area contributed by atoms with E-state index < -0.39 is 0 Å². The standard InChI is InChI=1S/C11H24N2/c1-2-10-5-6-11(9-10)13-8-4-3-7-12/h10-11,13H,2-9,12H2,1H3. The van der Waals surface area contributed by atoms with Crippen LogP contribution in [0.3, 0.4) is 0 Å². The highest BCUT2D eigenvalue weighted by Gasteiger charge is 2.22. The summed E-state index contributed by atoms with van der Waals surface area (Å²) in [7, 11) is 0. The second-order valence-corrected chi connectivity index (χ2v) is 4.23. The highest BCUT2D eigenvalue weighted by Crippen LogP contribution is 2.27. The second-order valence-electron chi connectivity index (χ2n) is 4.23. The molecule has 1 saturated carbocycles. The van der Waals surface area contributed by atoms with Crippen LogP contribution < -0.4 is 11.1 Å². The van der Waals surface area contributed by atoms with E-state index in [1.165, 1.54) is 32.1 Å². The quantitative estimate of drug-likeness (QED) is 0.619. The van der Waals surface area contributed by atoms with Crippen LogP contribution in [-0.2, 0) is 0 Å². The Hall–Kier alpha value is -0.0800. The monoisotopic (exact) mass is 184 g/mol. The fourth-order valence-corrected chi connectivity index (χ4v) is 2.21. The first-order valence-electron chi connectivity index (χ1n) is 5.80. The van der Waals surface area contributed by atoms with Crippen molar-refractivity contribution in [2.75, 3.05) is 13.1 Å². The largest absolute Gasteiger partial charge is 0.330 e. The smallest absolute Gasteiger partial charge is 0.00698 e. The zero-order chi connectivity index (χ0) is 9.52. The Balaban J connectivity index is 1.97. The molecule has 0 spiro atoms. The van der Waals surface area contributed by atoms with E-state index in [9.17, 15) is 0 Å². The van der Waals surface area contributed by atoms with Gasteiger partial charge in [0.05, 0.1) is 0 Å². The van der Waals surface area contributed by atoms with E-state index in [0.29, 0.717) is 0 Å². The third-order valence-corrected chi connectivity index (χ3v) is 3.18. The fraction of sp³-hybridized carbons (Fsp3) is 1.00. The lowest BCUT2D eigenvalue weighted by Crippen LogP contribution is -2.27. The summed E-state index contributed by atoms with van der Waals surface area (Å²) in [6.07, 6.45) is 7.99. The van der Waals surface area contributed by atoms with Gasteiger partial charge in [0.1, 0.15) is 0 Å². The van der Waals surface area contributed by atoms with Gasteiger partial charge in [0, 0.05) is 6.04 Å². The van der Waals surface area contributed by atoms with Gasteiger partial charge in [-0.2, -0.15) is 0 Å². The van der Waals surface area contributed by atoms with Crippen molar-refractivity contribution < 1.29 is 0 Å². The molecular formula is C11H24N2. The Morgan fingerprint density at radius 1 is 1.31 bits per heavy atom. The molecule has 3 N–H and O–H groups in total. The second kappa shape index (κ2) is 6.39. The van der Waals surface area contributed by atoms with Gasteiger partial charge in [-0.25, -0.2) is 0 Å². The number of unbranched alkanes of at least 4 members (excludes halogenated alkanes) is 1. The fourth-order valence-electron chi connectivity index (χ4n) is 2.21. The number of nitrogens with two attached hydrogens (primary N) is 1. The molecular weight excluding hydrogens is 160 g/mol. The molecule has 2 nitrogen and oxygen atoms in total. The lowest BCUT2D eigenvalue weighted by Gasteiger charge is -2.12.